The minimum atomic E-state index is -0.604. The van der Waals surface area contributed by atoms with Crippen LogP contribution in [0.4, 0.5) is 0 Å². The van der Waals surface area contributed by atoms with Crippen LogP contribution in [-0.4, -0.2) is 9.97 Å². The molecule has 1 spiro atoms. The van der Waals surface area contributed by atoms with Gasteiger partial charge < -0.3 is 0 Å². The molecule has 11 rings (SSSR count). The van der Waals surface area contributed by atoms with Gasteiger partial charge in [-0.05, 0) is 105 Å². The van der Waals surface area contributed by atoms with Crippen LogP contribution in [0, 0.1) is 13.8 Å². The molecule has 7 aromatic carbocycles. The van der Waals surface area contributed by atoms with Crippen molar-refractivity contribution in [3.05, 3.63) is 228 Å². The summed E-state index contributed by atoms with van der Waals surface area (Å²) < 4.78 is 0. The summed E-state index contributed by atoms with van der Waals surface area (Å²) in [6.07, 6.45) is 4.06. The maximum atomic E-state index is 4.99. The summed E-state index contributed by atoms with van der Waals surface area (Å²) in [6.45, 7) is 4.23. The molecule has 2 heterocycles. The van der Waals surface area contributed by atoms with Gasteiger partial charge in [-0.15, -0.1) is 0 Å². The minimum absolute atomic E-state index is 0.604. The zero-order valence-electron chi connectivity index (χ0n) is 31.9. The topological polar surface area (TPSA) is 25.8 Å². The third-order valence-electron chi connectivity index (χ3n) is 12.2. The molecule has 0 radical (unpaired) electrons. The van der Waals surface area contributed by atoms with Crippen molar-refractivity contribution < 1.29 is 0 Å². The molecule has 0 fully saturated rings. The van der Waals surface area contributed by atoms with Crippen LogP contribution in [-0.2, 0) is 5.41 Å². The molecule has 0 bridgehead atoms. The lowest BCUT2D eigenvalue weighted by Gasteiger charge is -2.36. The van der Waals surface area contributed by atoms with Gasteiger partial charge in [-0.25, -0.2) is 0 Å². The first-order chi connectivity index (χ1) is 28.1. The SMILES string of the molecule is Cc1ccc(-c2ccc(-c3ccc4c(c3)C3(c5cc(-c6ccc(-c7ccc(C)cc7)nc6)ccc5-c5ccccc5-4)c4ccccc4-c4ccccc43)cn2)cc1. The molecule has 0 aliphatic heterocycles. The Hall–Kier alpha value is -7.16. The molecule has 0 N–H and O–H groups in total. The summed E-state index contributed by atoms with van der Waals surface area (Å²) in [5, 5.41) is 0. The second-order valence-electron chi connectivity index (χ2n) is 15.5. The van der Waals surface area contributed by atoms with E-state index in [1.807, 2.05) is 12.4 Å². The van der Waals surface area contributed by atoms with E-state index in [4.69, 9.17) is 9.97 Å². The lowest BCUT2D eigenvalue weighted by atomic mass is 9.65. The van der Waals surface area contributed by atoms with Crippen LogP contribution in [0.15, 0.2) is 194 Å². The minimum Gasteiger partial charge on any atom is -0.256 e. The normalized spacial score (nSPS) is 12.9. The number of rotatable bonds is 4. The van der Waals surface area contributed by atoms with Crippen molar-refractivity contribution in [2.24, 2.45) is 0 Å². The van der Waals surface area contributed by atoms with Gasteiger partial charge in [0, 0.05) is 34.6 Å². The van der Waals surface area contributed by atoms with E-state index in [0.29, 0.717) is 0 Å². The quantitative estimate of drug-likeness (QED) is 0.180. The Morgan fingerprint density at radius 3 is 1.05 bits per heavy atom. The van der Waals surface area contributed by atoms with Crippen LogP contribution in [0.1, 0.15) is 33.4 Å². The third kappa shape index (κ3) is 5.18. The molecular weight excluding hydrogens is 689 g/mol. The Kier molecular flexibility index (Phi) is 7.55. The van der Waals surface area contributed by atoms with Gasteiger partial charge in [-0.1, -0.05) is 169 Å². The first kappa shape index (κ1) is 33.2. The van der Waals surface area contributed by atoms with E-state index >= 15 is 0 Å². The Morgan fingerprint density at radius 2 is 0.649 bits per heavy atom. The van der Waals surface area contributed by atoms with E-state index in [2.05, 4.69) is 196 Å². The Balaban J connectivity index is 1.16. The van der Waals surface area contributed by atoms with Crippen LogP contribution >= 0.6 is 0 Å². The summed E-state index contributed by atoms with van der Waals surface area (Å²) >= 11 is 0. The highest BCUT2D eigenvalue weighted by Crippen LogP contribution is 2.62. The zero-order chi connectivity index (χ0) is 38.1. The highest BCUT2D eigenvalue weighted by molar-refractivity contribution is 5.98. The van der Waals surface area contributed by atoms with Crippen LogP contribution < -0.4 is 0 Å². The van der Waals surface area contributed by atoms with Crippen LogP contribution in [0.3, 0.4) is 0 Å². The molecule has 2 heteroatoms. The number of hydrogen-bond acceptors (Lipinski definition) is 2. The summed E-state index contributed by atoms with van der Waals surface area (Å²) in [6, 6.07) is 67.1. The number of aromatic nitrogens is 2. The molecule has 0 saturated heterocycles. The highest BCUT2D eigenvalue weighted by Gasteiger charge is 2.49. The molecular formula is C55H38N2. The van der Waals surface area contributed by atoms with E-state index in [9.17, 15) is 0 Å². The lowest BCUT2D eigenvalue weighted by Crippen LogP contribution is -2.29. The predicted octanol–water partition coefficient (Wildman–Crippen LogP) is 13.8. The van der Waals surface area contributed by atoms with Gasteiger partial charge in [-0.3, -0.25) is 9.97 Å². The van der Waals surface area contributed by atoms with Gasteiger partial charge in [-0.2, -0.15) is 0 Å². The van der Waals surface area contributed by atoms with Gasteiger partial charge in [0.1, 0.15) is 0 Å². The van der Waals surface area contributed by atoms with Crippen LogP contribution in [0.5, 0.6) is 0 Å². The molecule has 0 saturated carbocycles. The smallest absolute Gasteiger partial charge is 0.0725 e. The Labute approximate surface area is 333 Å². The van der Waals surface area contributed by atoms with E-state index in [1.165, 1.54) is 66.8 Å². The van der Waals surface area contributed by atoms with Crippen LogP contribution in [0.2, 0.25) is 0 Å². The van der Waals surface area contributed by atoms with Gasteiger partial charge in [0.2, 0.25) is 0 Å². The summed E-state index contributed by atoms with van der Waals surface area (Å²) in [5.74, 6) is 0. The average molecular weight is 727 g/mol. The number of benzene rings is 7. The first-order valence-corrected chi connectivity index (χ1v) is 19.7. The number of hydrogen-bond donors (Lipinski definition) is 0. The molecule has 2 nitrogen and oxygen atoms in total. The van der Waals surface area contributed by atoms with Gasteiger partial charge in [0.15, 0.2) is 0 Å². The van der Waals surface area contributed by atoms with Gasteiger partial charge >= 0.3 is 0 Å². The average Bonchev–Trinajstić information content (AvgIpc) is 3.52. The third-order valence-corrected chi connectivity index (χ3v) is 12.2. The van der Waals surface area contributed by atoms with Crippen molar-refractivity contribution >= 4 is 0 Å². The first-order valence-electron chi connectivity index (χ1n) is 19.7. The molecule has 2 aromatic heterocycles. The second kappa shape index (κ2) is 13.0. The molecule has 0 unspecified atom stereocenters. The highest BCUT2D eigenvalue weighted by atomic mass is 14.7. The van der Waals surface area contributed by atoms with Gasteiger partial charge in [0.05, 0.1) is 16.8 Å². The van der Waals surface area contributed by atoms with Crippen LogP contribution in [0.25, 0.3) is 78.1 Å². The summed E-state index contributed by atoms with van der Waals surface area (Å²) in [5.41, 5.74) is 23.2. The van der Waals surface area contributed by atoms with Crippen molar-refractivity contribution in [1.82, 2.24) is 9.97 Å². The molecule has 268 valence electrons. The van der Waals surface area contributed by atoms with E-state index in [0.717, 1.165) is 44.8 Å². The number of fused-ring (bicyclic) bond motifs is 12. The molecule has 0 atom stereocenters. The fraction of sp³-hybridized carbons (Fsp3) is 0.0545. The van der Waals surface area contributed by atoms with Crippen molar-refractivity contribution in [3.63, 3.8) is 0 Å². The van der Waals surface area contributed by atoms with E-state index in [1.54, 1.807) is 0 Å². The van der Waals surface area contributed by atoms with Crippen molar-refractivity contribution in [2.75, 3.05) is 0 Å². The van der Waals surface area contributed by atoms with E-state index in [-0.39, 0.29) is 0 Å². The molecule has 2 aliphatic carbocycles. The molecule has 57 heavy (non-hydrogen) atoms. The Bertz CT molecular complexity index is 2780. The number of pyridine rings is 2. The fourth-order valence-electron chi connectivity index (χ4n) is 9.37. The standard InChI is InChI=1S/C55H38N2/c1-35-15-19-37(20-16-35)53-29-25-41(33-56-53)39-23-27-47-43-9-3-4-10-44(43)48-28-24-40(42-26-30-54(57-34-42)38-21-17-36(2)18-22-38)32-52(48)55(51(47)31-39)49-13-7-5-11-45(49)46-12-6-8-14-50(46)55/h3-34H,1-2H3. The van der Waals surface area contributed by atoms with Gasteiger partial charge in [0.25, 0.3) is 0 Å². The number of nitrogens with zero attached hydrogens (tertiary/aromatic N) is 2. The van der Waals surface area contributed by atoms with Crippen molar-refractivity contribution in [2.45, 2.75) is 19.3 Å². The Morgan fingerprint density at radius 1 is 0.298 bits per heavy atom. The zero-order valence-corrected chi connectivity index (χ0v) is 31.9. The molecule has 0 amide bonds. The van der Waals surface area contributed by atoms with E-state index < -0.39 is 5.41 Å². The largest absolute Gasteiger partial charge is 0.256 e. The maximum absolute atomic E-state index is 4.99. The summed E-state index contributed by atoms with van der Waals surface area (Å²) in [4.78, 5) is 9.97. The number of aryl methyl sites for hydroxylation is 2. The predicted molar refractivity (Wildman–Crippen MR) is 235 cm³/mol. The fourth-order valence-corrected chi connectivity index (χ4v) is 9.37. The molecule has 2 aliphatic rings. The second-order valence-corrected chi connectivity index (χ2v) is 15.5. The lowest BCUT2D eigenvalue weighted by molar-refractivity contribution is 0.776. The summed E-state index contributed by atoms with van der Waals surface area (Å²) in [7, 11) is 0. The maximum Gasteiger partial charge on any atom is 0.0725 e. The molecule has 9 aromatic rings. The van der Waals surface area contributed by atoms with Crippen molar-refractivity contribution in [3.8, 4) is 78.1 Å². The van der Waals surface area contributed by atoms with Crippen molar-refractivity contribution in [1.29, 1.82) is 0 Å². The monoisotopic (exact) mass is 726 g/mol.